The van der Waals surface area contributed by atoms with Crippen LogP contribution in [-0.4, -0.2) is 38.6 Å². The minimum atomic E-state index is -5.76. The van der Waals surface area contributed by atoms with E-state index in [4.69, 9.17) is 11.5 Å². The zero-order valence-corrected chi connectivity index (χ0v) is 12.4. The summed E-state index contributed by atoms with van der Waals surface area (Å²) in [5.41, 5.74) is 4.14. The van der Waals surface area contributed by atoms with Gasteiger partial charge in [0.2, 0.25) is 0 Å². The van der Waals surface area contributed by atoms with Crippen LogP contribution in [0.4, 0.5) is 37.7 Å². The maximum Gasteiger partial charge on any atom is 0.454 e. The molecule has 13 heteroatoms. The molecule has 1 aromatic carbocycles. The predicted molar refractivity (Wildman–Crippen MR) is 69.1 cm³/mol. The molecule has 1 rings (SSSR count). The molecule has 1 aromatic rings. The van der Waals surface area contributed by atoms with Gasteiger partial charge in [0.15, 0.2) is 9.84 Å². The molecule has 0 atom stereocenters. The summed E-state index contributed by atoms with van der Waals surface area (Å²) < 4.78 is 99.0. The molecule has 0 aliphatic carbocycles. The van der Waals surface area contributed by atoms with Crippen molar-refractivity contribution in [3.63, 3.8) is 0 Å². The highest BCUT2D eigenvalue weighted by atomic mass is 32.2. The van der Waals surface area contributed by atoms with Crippen molar-refractivity contribution in [1.82, 2.24) is 0 Å². The number of nitrogen functional groups attached to an aromatic ring is 2. The van der Waals surface area contributed by atoms with E-state index in [0.717, 1.165) is 0 Å². The number of Topliss-reactive ketones (excluding diaryl/α,β-unsaturated/α-hetero) is 2. The molecule has 0 heterocycles. The average Bonchev–Trinajstić information content (AvgIpc) is 2.36. The second-order valence-corrected chi connectivity index (χ2v) is 6.54. The van der Waals surface area contributed by atoms with E-state index in [1.807, 2.05) is 0 Å². The Labute approximate surface area is 130 Å². The fourth-order valence-electron chi connectivity index (χ4n) is 1.73. The molecule has 0 bridgehead atoms. The fraction of sp³-hybridized carbons (Fsp3) is 0.273. The summed E-state index contributed by atoms with van der Waals surface area (Å²) in [6, 6.07) is 0.288. The van der Waals surface area contributed by atoms with E-state index in [1.54, 1.807) is 0 Å². The van der Waals surface area contributed by atoms with Gasteiger partial charge >= 0.3 is 12.4 Å². The highest BCUT2D eigenvalue weighted by molar-refractivity contribution is 7.90. The normalized spacial score (nSPS) is 13.0. The molecular weight excluding hydrogens is 370 g/mol. The highest BCUT2D eigenvalue weighted by Crippen LogP contribution is 2.37. The number of sulfone groups is 1. The van der Waals surface area contributed by atoms with Crippen LogP contribution in [0.5, 0.6) is 0 Å². The molecular formula is C11H8F6N2O4S. The van der Waals surface area contributed by atoms with Crippen LogP contribution in [0.15, 0.2) is 11.0 Å². The van der Waals surface area contributed by atoms with Gasteiger partial charge in [-0.2, -0.15) is 26.3 Å². The molecule has 0 aromatic heterocycles. The van der Waals surface area contributed by atoms with Crippen LogP contribution < -0.4 is 11.5 Å². The topological polar surface area (TPSA) is 120 Å². The number of carbonyl (C=O) groups excluding carboxylic acids is 2. The number of nitrogens with two attached hydrogens (primary N) is 2. The van der Waals surface area contributed by atoms with E-state index < -0.39 is 61.2 Å². The number of carbonyl (C=O) groups is 2. The predicted octanol–water partition coefficient (Wildman–Crippen LogP) is 1.74. The Morgan fingerprint density at radius 2 is 1.29 bits per heavy atom. The summed E-state index contributed by atoms with van der Waals surface area (Å²) in [5, 5.41) is 0. The molecule has 0 spiro atoms. The monoisotopic (exact) mass is 378 g/mol. The summed E-state index contributed by atoms with van der Waals surface area (Å²) >= 11 is 0. The van der Waals surface area contributed by atoms with Crippen molar-refractivity contribution in [2.45, 2.75) is 17.2 Å². The lowest BCUT2D eigenvalue weighted by atomic mass is 9.96. The molecule has 6 nitrogen and oxygen atoms in total. The van der Waals surface area contributed by atoms with Crippen LogP contribution in [0.2, 0.25) is 0 Å². The quantitative estimate of drug-likeness (QED) is 0.470. The molecule has 0 aliphatic rings. The van der Waals surface area contributed by atoms with Gasteiger partial charge in [-0.15, -0.1) is 0 Å². The summed E-state index contributed by atoms with van der Waals surface area (Å²) in [6.07, 6.45) is -11.2. The van der Waals surface area contributed by atoms with Gasteiger partial charge in [0.1, 0.15) is 0 Å². The third-order valence-electron chi connectivity index (χ3n) is 2.73. The zero-order chi connectivity index (χ0) is 19.2. The molecule has 0 aliphatic heterocycles. The largest absolute Gasteiger partial charge is 0.454 e. The Hall–Kier alpha value is -2.31. The molecule has 0 fully saturated rings. The summed E-state index contributed by atoms with van der Waals surface area (Å²) in [6.45, 7) is 0. The van der Waals surface area contributed by atoms with Crippen molar-refractivity contribution in [3.8, 4) is 0 Å². The number of hydrogen-bond acceptors (Lipinski definition) is 6. The lowest BCUT2D eigenvalue weighted by Crippen LogP contribution is -2.32. The van der Waals surface area contributed by atoms with E-state index in [1.165, 1.54) is 0 Å². The lowest BCUT2D eigenvalue weighted by molar-refractivity contribution is -0.0909. The van der Waals surface area contributed by atoms with Crippen molar-refractivity contribution in [2.24, 2.45) is 0 Å². The van der Waals surface area contributed by atoms with Crippen LogP contribution in [-0.2, 0) is 9.84 Å². The Morgan fingerprint density at radius 3 is 1.62 bits per heavy atom. The van der Waals surface area contributed by atoms with Crippen molar-refractivity contribution in [3.05, 3.63) is 17.2 Å². The second-order valence-electron chi connectivity index (χ2n) is 4.55. The van der Waals surface area contributed by atoms with Crippen LogP contribution in [0.3, 0.4) is 0 Å². The third kappa shape index (κ3) is 3.60. The fourth-order valence-corrected chi connectivity index (χ4v) is 2.64. The van der Waals surface area contributed by atoms with Crippen molar-refractivity contribution in [2.75, 3.05) is 17.7 Å². The number of alkyl halides is 6. The lowest BCUT2D eigenvalue weighted by Gasteiger charge is -2.18. The van der Waals surface area contributed by atoms with Crippen LogP contribution >= 0.6 is 0 Å². The molecule has 0 saturated heterocycles. The number of rotatable bonds is 3. The van der Waals surface area contributed by atoms with E-state index in [9.17, 15) is 44.3 Å². The first kappa shape index (κ1) is 19.7. The third-order valence-corrected chi connectivity index (χ3v) is 3.85. The molecule has 4 N–H and O–H groups in total. The smallest absolute Gasteiger partial charge is 0.397 e. The number of anilines is 2. The first-order valence-electron chi connectivity index (χ1n) is 5.64. The van der Waals surface area contributed by atoms with Gasteiger partial charge in [0, 0.05) is 6.26 Å². The first-order chi connectivity index (χ1) is 10.5. The zero-order valence-electron chi connectivity index (χ0n) is 11.5. The Bertz CT molecular complexity index is 826. The van der Waals surface area contributed by atoms with Gasteiger partial charge in [-0.05, 0) is 6.07 Å². The highest BCUT2D eigenvalue weighted by Gasteiger charge is 2.49. The number of ketones is 2. The standard InChI is InChI=1S/C11H8F6N2O4S/c1-24(22,23)4-2-3(18)7(19)6(9(21)11(15,16)17)5(4)8(20)10(12,13)14/h2H,18-19H2,1H3. The van der Waals surface area contributed by atoms with E-state index in [-0.39, 0.29) is 6.07 Å². The first-order valence-corrected chi connectivity index (χ1v) is 7.53. The average molecular weight is 378 g/mol. The molecule has 0 saturated carbocycles. The van der Waals surface area contributed by atoms with Gasteiger partial charge in [-0.1, -0.05) is 0 Å². The SMILES string of the molecule is CS(=O)(=O)c1cc(N)c(N)c(C(=O)C(F)(F)F)c1C(=O)C(F)(F)F. The summed E-state index contributed by atoms with van der Waals surface area (Å²) in [4.78, 5) is 21.4. The second kappa shape index (κ2) is 5.65. The maximum absolute atomic E-state index is 12.7. The number of benzene rings is 1. The Kier molecular flexibility index (Phi) is 4.64. The molecule has 24 heavy (non-hydrogen) atoms. The maximum atomic E-state index is 12.7. The van der Waals surface area contributed by atoms with Crippen molar-refractivity contribution < 1.29 is 44.3 Å². The van der Waals surface area contributed by atoms with E-state index in [0.29, 0.717) is 6.26 Å². The number of hydrogen-bond donors (Lipinski definition) is 2. The minimum absolute atomic E-state index is 0.288. The van der Waals surface area contributed by atoms with Gasteiger partial charge in [-0.3, -0.25) is 9.59 Å². The molecule has 0 amide bonds. The van der Waals surface area contributed by atoms with Crippen molar-refractivity contribution in [1.29, 1.82) is 0 Å². The Balaban J connectivity index is 4.10. The van der Waals surface area contributed by atoms with Crippen LogP contribution in [0.25, 0.3) is 0 Å². The van der Waals surface area contributed by atoms with Gasteiger partial charge in [0.25, 0.3) is 11.6 Å². The van der Waals surface area contributed by atoms with Gasteiger partial charge in [0.05, 0.1) is 27.4 Å². The van der Waals surface area contributed by atoms with E-state index >= 15 is 0 Å². The molecule has 0 radical (unpaired) electrons. The number of halogens is 6. The van der Waals surface area contributed by atoms with E-state index in [2.05, 4.69) is 0 Å². The van der Waals surface area contributed by atoms with Crippen LogP contribution in [0, 0.1) is 0 Å². The minimum Gasteiger partial charge on any atom is -0.397 e. The molecule has 0 unspecified atom stereocenters. The van der Waals surface area contributed by atoms with Gasteiger partial charge < -0.3 is 11.5 Å². The van der Waals surface area contributed by atoms with Crippen LogP contribution in [0.1, 0.15) is 20.7 Å². The van der Waals surface area contributed by atoms with Gasteiger partial charge in [-0.25, -0.2) is 8.42 Å². The Morgan fingerprint density at radius 1 is 0.917 bits per heavy atom. The van der Waals surface area contributed by atoms with Crippen molar-refractivity contribution >= 4 is 32.8 Å². The summed E-state index contributed by atoms with van der Waals surface area (Å²) in [5.74, 6) is -5.90. The summed E-state index contributed by atoms with van der Waals surface area (Å²) in [7, 11) is -4.66. The molecule has 134 valence electrons.